The highest BCUT2D eigenvalue weighted by Gasteiger charge is 2.10. The molecule has 58 valence electrons. The van der Waals surface area contributed by atoms with Crippen molar-refractivity contribution in [2.24, 2.45) is 5.92 Å². The van der Waals surface area contributed by atoms with Gasteiger partial charge in [-0.3, -0.25) is 0 Å². The van der Waals surface area contributed by atoms with Gasteiger partial charge in [-0.2, -0.15) is 0 Å². The summed E-state index contributed by atoms with van der Waals surface area (Å²) in [4.78, 5) is 0. The number of hydrogen-bond acceptors (Lipinski definition) is 1. The second kappa shape index (κ2) is 4.29. The van der Waals surface area contributed by atoms with Crippen LogP contribution in [0.5, 0.6) is 0 Å². The molecule has 1 heteroatoms. The third kappa shape index (κ3) is 2.83. The Balaban J connectivity index is 3.93. The lowest BCUT2D eigenvalue weighted by atomic mass is 9.99. The van der Waals surface area contributed by atoms with E-state index in [0.29, 0.717) is 0 Å². The predicted octanol–water partition coefficient (Wildman–Crippen LogP) is 2.14. The predicted molar refractivity (Wildman–Crippen MR) is 44.8 cm³/mol. The van der Waals surface area contributed by atoms with E-state index in [0.717, 1.165) is 5.57 Å². The SMILES string of the molecule is C=C(C)[C@@H](O)[C@H](C)/C=C/C. The van der Waals surface area contributed by atoms with Crippen LogP contribution in [0.15, 0.2) is 24.3 Å². The molecule has 0 saturated heterocycles. The van der Waals surface area contributed by atoms with Gasteiger partial charge >= 0.3 is 0 Å². The monoisotopic (exact) mass is 140 g/mol. The topological polar surface area (TPSA) is 20.2 Å². The number of hydrogen-bond donors (Lipinski definition) is 1. The summed E-state index contributed by atoms with van der Waals surface area (Å²) in [5.41, 5.74) is 0.825. The van der Waals surface area contributed by atoms with Gasteiger partial charge in [-0.25, -0.2) is 0 Å². The van der Waals surface area contributed by atoms with E-state index in [1.807, 2.05) is 32.9 Å². The number of aliphatic hydroxyl groups is 1. The van der Waals surface area contributed by atoms with Crippen molar-refractivity contribution >= 4 is 0 Å². The van der Waals surface area contributed by atoms with Gasteiger partial charge in [-0.1, -0.05) is 31.2 Å². The second-order valence-corrected chi connectivity index (χ2v) is 2.68. The zero-order valence-corrected chi connectivity index (χ0v) is 6.96. The molecule has 0 aliphatic heterocycles. The van der Waals surface area contributed by atoms with E-state index in [2.05, 4.69) is 6.58 Å². The molecule has 1 nitrogen and oxygen atoms in total. The van der Waals surface area contributed by atoms with Gasteiger partial charge < -0.3 is 5.11 Å². The molecule has 0 bridgehead atoms. The van der Waals surface area contributed by atoms with Crippen LogP contribution >= 0.6 is 0 Å². The Morgan fingerprint density at radius 3 is 2.40 bits per heavy atom. The molecule has 0 fully saturated rings. The molecule has 0 amide bonds. The molecule has 1 N–H and O–H groups in total. The number of rotatable bonds is 3. The van der Waals surface area contributed by atoms with E-state index in [1.165, 1.54) is 0 Å². The van der Waals surface area contributed by atoms with Gasteiger partial charge in [-0.15, -0.1) is 0 Å². The molecular formula is C9H16O. The summed E-state index contributed by atoms with van der Waals surface area (Å²) < 4.78 is 0. The summed E-state index contributed by atoms with van der Waals surface area (Å²) in [5.74, 6) is 0.183. The van der Waals surface area contributed by atoms with Crippen molar-refractivity contribution in [1.29, 1.82) is 0 Å². The van der Waals surface area contributed by atoms with Crippen molar-refractivity contribution in [3.63, 3.8) is 0 Å². The van der Waals surface area contributed by atoms with Crippen LogP contribution < -0.4 is 0 Å². The highest BCUT2D eigenvalue weighted by atomic mass is 16.3. The second-order valence-electron chi connectivity index (χ2n) is 2.68. The quantitative estimate of drug-likeness (QED) is 0.595. The molecule has 10 heavy (non-hydrogen) atoms. The molecule has 0 radical (unpaired) electrons. The van der Waals surface area contributed by atoms with Crippen molar-refractivity contribution in [3.05, 3.63) is 24.3 Å². The first-order valence-corrected chi connectivity index (χ1v) is 3.56. The van der Waals surface area contributed by atoms with Crippen molar-refractivity contribution in [2.45, 2.75) is 26.9 Å². The van der Waals surface area contributed by atoms with Crippen LogP contribution in [0.1, 0.15) is 20.8 Å². The Hall–Kier alpha value is -0.560. The van der Waals surface area contributed by atoms with Crippen molar-refractivity contribution in [3.8, 4) is 0 Å². The van der Waals surface area contributed by atoms with E-state index in [9.17, 15) is 5.11 Å². The summed E-state index contributed by atoms with van der Waals surface area (Å²) in [5, 5.41) is 9.38. The maximum absolute atomic E-state index is 9.38. The Morgan fingerprint density at radius 1 is 1.60 bits per heavy atom. The Morgan fingerprint density at radius 2 is 2.10 bits per heavy atom. The van der Waals surface area contributed by atoms with Gasteiger partial charge in [0.2, 0.25) is 0 Å². The van der Waals surface area contributed by atoms with Crippen LogP contribution in [-0.2, 0) is 0 Å². The molecule has 0 heterocycles. The van der Waals surface area contributed by atoms with Crippen molar-refractivity contribution < 1.29 is 5.11 Å². The van der Waals surface area contributed by atoms with Gasteiger partial charge in [0.25, 0.3) is 0 Å². The smallest absolute Gasteiger partial charge is 0.0804 e. The molecule has 0 rings (SSSR count). The van der Waals surface area contributed by atoms with Gasteiger partial charge in [0, 0.05) is 5.92 Å². The third-order valence-electron chi connectivity index (χ3n) is 1.50. The maximum atomic E-state index is 9.38. The van der Waals surface area contributed by atoms with Crippen LogP contribution in [0, 0.1) is 5.92 Å². The zero-order valence-electron chi connectivity index (χ0n) is 6.96. The fourth-order valence-corrected chi connectivity index (χ4v) is 0.858. The molecule has 0 aliphatic rings. The minimum atomic E-state index is -0.392. The standard InChI is InChI=1S/C9H16O/c1-5-6-8(4)9(10)7(2)3/h5-6,8-10H,2H2,1,3-4H3/b6-5+/t8-,9-/m1/s1. The molecule has 0 saturated carbocycles. The summed E-state index contributed by atoms with van der Waals surface area (Å²) in [6.45, 7) is 9.43. The molecule has 0 unspecified atom stereocenters. The largest absolute Gasteiger partial charge is 0.388 e. The van der Waals surface area contributed by atoms with Gasteiger partial charge in [0.15, 0.2) is 0 Å². The first-order chi connectivity index (χ1) is 4.59. The van der Waals surface area contributed by atoms with Crippen LogP contribution in [0.25, 0.3) is 0 Å². The van der Waals surface area contributed by atoms with Crippen LogP contribution in [-0.4, -0.2) is 11.2 Å². The molecule has 0 spiro atoms. The third-order valence-corrected chi connectivity index (χ3v) is 1.50. The molecule has 2 atom stereocenters. The fourth-order valence-electron chi connectivity index (χ4n) is 0.858. The Kier molecular flexibility index (Phi) is 4.05. The van der Waals surface area contributed by atoms with Gasteiger partial charge in [-0.05, 0) is 13.8 Å². The Bertz CT molecular complexity index is 136. The summed E-state index contributed by atoms with van der Waals surface area (Å²) >= 11 is 0. The summed E-state index contributed by atoms with van der Waals surface area (Å²) in [6, 6.07) is 0. The van der Waals surface area contributed by atoms with Crippen molar-refractivity contribution in [1.82, 2.24) is 0 Å². The first kappa shape index (κ1) is 9.44. The first-order valence-electron chi connectivity index (χ1n) is 3.56. The van der Waals surface area contributed by atoms with Crippen LogP contribution in [0.2, 0.25) is 0 Å². The van der Waals surface area contributed by atoms with E-state index in [4.69, 9.17) is 0 Å². The number of aliphatic hydroxyl groups excluding tert-OH is 1. The van der Waals surface area contributed by atoms with E-state index >= 15 is 0 Å². The van der Waals surface area contributed by atoms with Crippen LogP contribution in [0.3, 0.4) is 0 Å². The van der Waals surface area contributed by atoms with Crippen LogP contribution in [0.4, 0.5) is 0 Å². The average Bonchev–Trinajstić information content (AvgIpc) is 1.87. The minimum absolute atomic E-state index is 0.183. The maximum Gasteiger partial charge on any atom is 0.0804 e. The van der Waals surface area contributed by atoms with Crippen molar-refractivity contribution in [2.75, 3.05) is 0 Å². The van der Waals surface area contributed by atoms with E-state index in [-0.39, 0.29) is 5.92 Å². The molecule has 0 aliphatic carbocycles. The molecule has 0 aromatic heterocycles. The fraction of sp³-hybridized carbons (Fsp3) is 0.556. The van der Waals surface area contributed by atoms with Gasteiger partial charge in [0.05, 0.1) is 6.10 Å². The normalized spacial score (nSPS) is 17.2. The molecule has 0 aromatic carbocycles. The highest BCUT2D eigenvalue weighted by molar-refractivity contribution is 5.03. The highest BCUT2D eigenvalue weighted by Crippen LogP contribution is 2.11. The molecule has 0 aromatic rings. The average molecular weight is 140 g/mol. The minimum Gasteiger partial charge on any atom is -0.388 e. The Labute approximate surface area is 63.1 Å². The van der Waals surface area contributed by atoms with E-state index < -0.39 is 6.10 Å². The number of allylic oxidation sites excluding steroid dienone is 1. The summed E-state index contributed by atoms with van der Waals surface area (Å²) in [6.07, 6.45) is 3.52. The summed E-state index contributed by atoms with van der Waals surface area (Å²) in [7, 11) is 0. The lowest BCUT2D eigenvalue weighted by molar-refractivity contribution is 0.173. The zero-order chi connectivity index (χ0) is 8.15. The molecular weight excluding hydrogens is 124 g/mol. The van der Waals surface area contributed by atoms with E-state index in [1.54, 1.807) is 0 Å². The lowest BCUT2D eigenvalue weighted by Gasteiger charge is -2.14. The van der Waals surface area contributed by atoms with Gasteiger partial charge in [0.1, 0.15) is 0 Å². The lowest BCUT2D eigenvalue weighted by Crippen LogP contribution is -2.15.